The van der Waals surface area contributed by atoms with Crippen molar-refractivity contribution in [3.05, 3.63) is 35.9 Å². The molecule has 0 saturated carbocycles. The maximum atomic E-state index is 12.1. The molecule has 7 heteroatoms. The molecule has 1 aromatic rings. The third-order valence-corrected chi connectivity index (χ3v) is 7.12. The number of amides is 1. The molecule has 5 nitrogen and oxygen atoms in total. The van der Waals surface area contributed by atoms with E-state index >= 15 is 0 Å². The number of benzene rings is 1. The molecule has 0 aromatic heterocycles. The van der Waals surface area contributed by atoms with Crippen LogP contribution in [0.15, 0.2) is 30.3 Å². The molecule has 1 amide bonds. The van der Waals surface area contributed by atoms with E-state index in [0.717, 1.165) is 31.4 Å². The Morgan fingerprint density at radius 1 is 1.21 bits per heavy atom. The molecule has 2 saturated heterocycles. The van der Waals surface area contributed by atoms with Crippen molar-refractivity contribution in [1.82, 2.24) is 9.62 Å². The molecule has 2 aliphatic heterocycles. The largest absolute Gasteiger partial charge is 0.353 e. The van der Waals surface area contributed by atoms with Crippen LogP contribution in [0.5, 0.6) is 0 Å². The Morgan fingerprint density at radius 3 is 2.42 bits per heavy atom. The van der Waals surface area contributed by atoms with Gasteiger partial charge in [-0.15, -0.1) is 11.8 Å². The summed E-state index contributed by atoms with van der Waals surface area (Å²) in [5.74, 6) is 1.32. The summed E-state index contributed by atoms with van der Waals surface area (Å²) in [7, 11) is -3.14. The molecule has 0 radical (unpaired) electrons. The number of rotatable bonds is 6. The first kappa shape index (κ1) is 17.8. The van der Waals surface area contributed by atoms with Crippen LogP contribution in [0.2, 0.25) is 0 Å². The first-order valence-corrected chi connectivity index (χ1v) is 11.3. The maximum absolute atomic E-state index is 12.1. The first-order chi connectivity index (χ1) is 11.4. The number of carbonyl (C=O) groups is 1. The van der Waals surface area contributed by atoms with E-state index < -0.39 is 10.0 Å². The fourth-order valence-electron chi connectivity index (χ4n) is 3.90. The lowest BCUT2D eigenvalue weighted by Crippen LogP contribution is -2.52. The van der Waals surface area contributed by atoms with Gasteiger partial charge in [0.15, 0.2) is 0 Å². The predicted molar refractivity (Wildman–Crippen MR) is 97.3 cm³/mol. The normalized spacial score (nSPS) is 27.1. The second kappa shape index (κ2) is 7.45. The van der Waals surface area contributed by atoms with E-state index in [-0.39, 0.29) is 24.0 Å². The molecule has 2 atom stereocenters. The lowest BCUT2D eigenvalue weighted by Gasteiger charge is -2.37. The minimum absolute atomic E-state index is 0.0492. The molecule has 24 heavy (non-hydrogen) atoms. The number of sulfonamides is 1. The summed E-state index contributed by atoms with van der Waals surface area (Å²) >= 11 is 1.61. The molecule has 132 valence electrons. The Morgan fingerprint density at radius 2 is 1.83 bits per heavy atom. The van der Waals surface area contributed by atoms with Crippen molar-refractivity contribution in [2.75, 3.05) is 12.0 Å². The number of thioether (sulfide) groups is 1. The molecule has 2 aliphatic rings. The van der Waals surface area contributed by atoms with Crippen molar-refractivity contribution >= 4 is 27.7 Å². The molecule has 0 aliphatic carbocycles. The van der Waals surface area contributed by atoms with Crippen LogP contribution in [0.3, 0.4) is 0 Å². The second-order valence-corrected chi connectivity index (χ2v) is 9.57. The SMILES string of the molecule is CS(=O)(=O)N1C2CCC1CC(NC(=O)CSCc1ccccc1)C2. The zero-order valence-electron chi connectivity index (χ0n) is 13.8. The van der Waals surface area contributed by atoms with Gasteiger partial charge in [0, 0.05) is 23.9 Å². The van der Waals surface area contributed by atoms with Crippen molar-refractivity contribution in [2.45, 2.75) is 49.6 Å². The standard InChI is InChI=1S/C17H24N2O3S2/c1-24(21,22)19-15-7-8-16(19)10-14(9-15)18-17(20)12-23-11-13-5-3-2-4-6-13/h2-6,14-16H,7-12H2,1H3,(H,18,20). The maximum Gasteiger partial charge on any atom is 0.230 e. The van der Waals surface area contributed by atoms with Crippen LogP contribution in [0.25, 0.3) is 0 Å². The van der Waals surface area contributed by atoms with Crippen LogP contribution in [0.4, 0.5) is 0 Å². The highest BCUT2D eigenvalue weighted by Gasteiger charge is 2.45. The van der Waals surface area contributed by atoms with Crippen LogP contribution in [0.1, 0.15) is 31.2 Å². The molecule has 2 bridgehead atoms. The van der Waals surface area contributed by atoms with Crippen molar-refractivity contribution < 1.29 is 13.2 Å². The molecule has 1 aromatic carbocycles. The van der Waals surface area contributed by atoms with Gasteiger partial charge in [0.25, 0.3) is 0 Å². The Labute approximate surface area is 148 Å². The van der Waals surface area contributed by atoms with Gasteiger partial charge in [-0.3, -0.25) is 4.79 Å². The van der Waals surface area contributed by atoms with Crippen LogP contribution in [-0.2, 0) is 20.6 Å². The average molecular weight is 369 g/mol. The second-order valence-electron chi connectivity index (χ2n) is 6.69. The van der Waals surface area contributed by atoms with Crippen molar-refractivity contribution in [3.8, 4) is 0 Å². The molecule has 3 rings (SSSR count). The summed E-state index contributed by atoms with van der Waals surface area (Å²) in [6.45, 7) is 0. The molecular weight excluding hydrogens is 344 g/mol. The van der Waals surface area contributed by atoms with Gasteiger partial charge in [-0.25, -0.2) is 8.42 Å². The number of hydrogen-bond donors (Lipinski definition) is 1. The quantitative estimate of drug-likeness (QED) is 0.834. The summed E-state index contributed by atoms with van der Waals surface area (Å²) in [6, 6.07) is 10.3. The Bertz CT molecular complexity index is 664. The van der Waals surface area contributed by atoms with Gasteiger partial charge >= 0.3 is 0 Å². The molecule has 2 heterocycles. The number of nitrogens with one attached hydrogen (secondary N) is 1. The van der Waals surface area contributed by atoms with Gasteiger partial charge in [0.2, 0.25) is 15.9 Å². The summed E-state index contributed by atoms with van der Waals surface area (Å²) < 4.78 is 25.4. The third kappa shape index (κ3) is 4.32. The zero-order chi connectivity index (χ0) is 17.2. The van der Waals surface area contributed by atoms with Crippen LogP contribution in [0, 0.1) is 0 Å². The molecule has 2 unspecified atom stereocenters. The minimum atomic E-state index is -3.14. The van der Waals surface area contributed by atoms with Gasteiger partial charge in [-0.1, -0.05) is 30.3 Å². The summed E-state index contributed by atoms with van der Waals surface area (Å²) in [5, 5.41) is 3.10. The van der Waals surface area contributed by atoms with E-state index in [1.54, 1.807) is 16.1 Å². The van der Waals surface area contributed by atoms with Crippen LogP contribution < -0.4 is 5.32 Å². The van der Waals surface area contributed by atoms with E-state index in [9.17, 15) is 13.2 Å². The van der Waals surface area contributed by atoms with Crippen LogP contribution >= 0.6 is 11.8 Å². The van der Waals surface area contributed by atoms with Crippen molar-refractivity contribution in [2.24, 2.45) is 0 Å². The van der Waals surface area contributed by atoms with Crippen molar-refractivity contribution in [3.63, 3.8) is 0 Å². The third-order valence-electron chi connectivity index (χ3n) is 4.76. The average Bonchev–Trinajstić information content (AvgIpc) is 2.81. The summed E-state index contributed by atoms with van der Waals surface area (Å²) in [5.41, 5.74) is 1.22. The van der Waals surface area contributed by atoms with Gasteiger partial charge in [0.1, 0.15) is 0 Å². The predicted octanol–water partition coefficient (Wildman–Crippen LogP) is 1.99. The van der Waals surface area contributed by atoms with E-state index in [0.29, 0.717) is 5.75 Å². The molecular formula is C17H24N2O3S2. The highest BCUT2D eigenvalue weighted by molar-refractivity contribution is 7.99. The van der Waals surface area contributed by atoms with Gasteiger partial charge < -0.3 is 5.32 Å². The number of piperidine rings is 1. The monoisotopic (exact) mass is 368 g/mol. The highest BCUT2D eigenvalue weighted by Crippen LogP contribution is 2.37. The van der Waals surface area contributed by atoms with Crippen LogP contribution in [-0.4, -0.2) is 48.8 Å². The zero-order valence-corrected chi connectivity index (χ0v) is 15.5. The van der Waals surface area contributed by atoms with E-state index in [2.05, 4.69) is 17.4 Å². The van der Waals surface area contributed by atoms with Gasteiger partial charge in [0.05, 0.1) is 12.0 Å². The number of fused-ring (bicyclic) bond motifs is 2. The van der Waals surface area contributed by atoms with Crippen molar-refractivity contribution in [1.29, 1.82) is 0 Å². The molecule has 2 fully saturated rings. The summed E-state index contributed by atoms with van der Waals surface area (Å²) in [4.78, 5) is 12.1. The van der Waals surface area contributed by atoms with Gasteiger partial charge in [-0.2, -0.15) is 4.31 Å². The summed E-state index contributed by atoms with van der Waals surface area (Å²) in [6.07, 6.45) is 4.58. The lowest BCUT2D eigenvalue weighted by atomic mass is 10.00. The highest BCUT2D eigenvalue weighted by atomic mass is 32.2. The number of carbonyl (C=O) groups excluding carboxylic acids is 1. The number of hydrogen-bond acceptors (Lipinski definition) is 4. The smallest absolute Gasteiger partial charge is 0.230 e. The van der Waals surface area contributed by atoms with E-state index in [1.807, 2.05) is 18.2 Å². The first-order valence-electron chi connectivity index (χ1n) is 8.33. The Kier molecular flexibility index (Phi) is 5.52. The molecule has 0 spiro atoms. The van der Waals surface area contributed by atoms with E-state index in [1.165, 1.54) is 11.8 Å². The Hall–Kier alpha value is -1.05. The Balaban J connectivity index is 1.45. The fourth-order valence-corrected chi connectivity index (χ4v) is 6.16. The minimum Gasteiger partial charge on any atom is -0.353 e. The molecule has 1 N–H and O–H groups in total. The fraction of sp³-hybridized carbons (Fsp3) is 0.588. The topological polar surface area (TPSA) is 66.5 Å². The van der Waals surface area contributed by atoms with Gasteiger partial charge in [-0.05, 0) is 31.2 Å². The van der Waals surface area contributed by atoms with E-state index in [4.69, 9.17) is 0 Å². The lowest BCUT2D eigenvalue weighted by molar-refractivity contribution is -0.119. The number of nitrogens with zero attached hydrogens (tertiary/aromatic N) is 1.